The molecule has 1 aliphatic rings. The van der Waals surface area contributed by atoms with Crippen molar-refractivity contribution >= 4 is 17.2 Å². The number of aromatic nitrogens is 3. The zero-order valence-corrected chi connectivity index (χ0v) is 12.6. The molecule has 0 radical (unpaired) electrons. The third kappa shape index (κ3) is 2.98. The Kier molecular flexibility index (Phi) is 4.03. The summed E-state index contributed by atoms with van der Waals surface area (Å²) in [7, 11) is 0. The van der Waals surface area contributed by atoms with Gasteiger partial charge in [0.15, 0.2) is 0 Å². The van der Waals surface area contributed by atoms with Gasteiger partial charge < -0.3 is 15.0 Å². The average Bonchev–Trinajstić information content (AvgIpc) is 3.18. The molecule has 1 amide bonds. The SMILES string of the molecule is CC(O)CC1CCCN1C(=O)c1csc(-c2cnc[nH]2)n1. The largest absolute Gasteiger partial charge is 0.393 e. The van der Waals surface area contributed by atoms with Crippen molar-refractivity contribution in [3.8, 4) is 10.7 Å². The highest BCUT2D eigenvalue weighted by Crippen LogP contribution is 2.26. The van der Waals surface area contributed by atoms with Crippen LogP contribution in [0.25, 0.3) is 10.7 Å². The van der Waals surface area contributed by atoms with E-state index in [9.17, 15) is 9.90 Å². The van der Waals surface area contributed by atoms with Gasteiger partial charge in [-0.3, -0.25) is 4.79 Å². The van der Waals surface area contributed by atoms with E-state index in [2.05, 4.69) is 15.0 Å². The highest BCUT2D eigenvalue weighted by Gasteiger charge is 2.31. The number of amides is 1. The van der Waals surface area contributed by atoms with Gasteiger partial charge in [0.05, 0.1) is 24.3 Å². The minimum Gasteiger partial charge on any atom is -0.393 e. The molecule has 3 rings (SSSR count). The Labute approximate surface area is 126 Å². The molecule has 2 unspecified atom stereocenters. The number of imidazole rings is 1. The van der Waals surface area contributed by atoms with E-state index >= 15 is 0 Å². The van der Waals surface area contributed by atoms with Gasteiger partial charge in [0, 0.05) is 18.0 Å². The predicted octanol–water partition coefficient (Wildman–Crippen LogP) is 1.91. The smallest absolute Gasteiger partial charge is 0.273 e. The van der Waals surface area contributed by atoms with Crippen LogP contribution in [0.3, 0.4) is 0 Å². The van der Waals surface area contributed by atoms with E-state index in [4.69, 9.17) is 0 Å². The number of carbonyl (C=O) groups is 1. The third-order valence-corrected chi connectivity index (χ3v) is 4.58. The lowest BCUT2D eigenvalue weighted by molar-refractivity contribution is 0.0677. The highest BCUT2D eigenvalue weighted by molar-refractivity contribution is 7.13. The molecule has 1 aliphatic heterocycles. The minimum absolute atomic E-state index is 0.0415. The van der Waals surface area contributed by atoms with Crippen LogP contribution >= 0.6 is 11.3 Å². The number of aliphatic hydroxyl groups is 1. The van der Waals surface area contributed by atoms with Crippen LogP contribution in [-0.2, 0) is 0 Å². The molecule has 0 spiro atoms. The Morgan fingerprint density at radius 3 is 3.24 bits per heavy atom. The van der Waals surface area contributed by atoms with E-state index < -0.39 is 0 Å². The first-order valence-corrected chi connectivity index (χ1v) is 7.96. The molecule has 0 bridgehead atoms. The van der Waals surface area contributed by atoms with Crippen molar-refractivity contribution in [1.82, 2.24) is 19.9 Å². The van der Waals surface area contributed by atoms with Crippen molar-refractivity contribution in [3.05, 3.63) is 23.6 Å². The summed E-state index contributed by atoms with van der Waals surface area (Å²) in [6, 6.07) is 0.120. The zero-order chi connectivity index (χ0) is 14.8. The van der Waals surface area contributed by atoms with Crippen LogP contribution in [0, 0.1) is 0 Å². The first-order chi connectivity index (χ1) is 10.1. The highest BCUT2D eigenvalue weighted by atomic mass is 32.1. The molecule has 0 aliphatic carbocycles. The Balaban J connectivity index is 1.76. The van der Waals surface area contributed by atoms with Gasteiger partial charge in [-0.1, -0.05) is 0 Å². The summed E-state index contributed by atoms with van der Waals surface area (Å²) in [5.74, 6) is -0.0415. The Morgan fingerprint density at radius 1 is 1.67 bits per heavy atom. The molecule has 2 N–H and O–H groups in total. The summed E-state index contributed by atoms with van der Waals surface area (Å²) in [5.41, 5.74) is 1.29. The lowest BCUT2D eigenvalue weighted by Crippen LogP contribution is -2.37. The van der Waals surface area contributed by atoms with Crippen LogP contribution in [-0.4, -0.2) is 49.6 Å². The molecule has 2 aromatic rings. The lowest BCUT2D eigenvalue weighted by atomic mass is 10.1. The molecule has 6 nitrogen and oxygen atoms in total. The first kappa shape index (κ1) is 14.2. The fourth-order valence-corrected chi connectivity index (χ4v) is 3.52. The van der Waals surface area contributed by atoms with Gasteiger partial charge in [0.2, 0.25) is 0 Å². The Hall–Kier alpha value is -1.73. The summed E-state index contributed by atoms with van der Waals surface area (Å²) in [4.78, 5) is 25.8. The van der Waals surface area contributed by atoms with Crippen LogP contribution in [0.15, 0.2) is 17.9 Å². The number of hydrogen-bond donors (Lipinski definition) is 2. The number of thiazole rings is 1. The van der Waals surface area contributed by atoms with Gasteiger partial charge in [-0.15, -0.1) is 11.3 Å². The second-order valence-corrected chi connectivity index (χ2v) is 6.24. The summed E-state index contributed by atoms with van der Waals surface area (Å²) in [6.45, 7) is 2.51. The summed E-state index contributed by atoms with van der Waals surface area (Å²) >= 11 is 1.43. The van der Waals surface area contributed by atoms with Crippen LogP contribution < -0.4 is 0 Å². The molecule has 112 valence electrons. The number of likely N-dealkylation sites (tertiary alicyclic amines) is 1. The molecular weight excluding hydrogens is 288 g/mol. The molecule has 2 aromatic heterocycles. The molecule has 2 atom stereocenters. The number of nitrogens with zero attached hydrogens (tertiary/aromatic N) is 3. The van der Waals surface area contributed by atoms with Crippen molar-refractivity contribution < 1.29 is 9.90 Å². The van der Waals surface area contributed by atoms with Crippen molar-refractivity contribution in [2.45, 2.75) is 38.3 Å². The summed E-state index contributed by atoms with van der Waals surface area (Å²) in [5, 5.41) is 12.1. The standard InChI is InChI=1S/C14H18N4O2S/c1-9(19)5-10-3-2-4-18(10)14(20)12-7-21-13(17-12)11-6-15-8-16-11/h6-10,19H,2-5H2,1H3,(H,15,16). The van der Waals surface area contributed by atoms with Gasteiger partial charge >= 0.3 is 0 Å². The van der Waals surface area contributed by atoms with E-state index in [1.807, 2.05) is 4.90 Å². The van der Waals surface area contributed by atoms with Crippen LogP contribution in [0.5, 0.6) is 0 Å². The van der Waals surface area contributed by atoms with E-state index in [1.54, 1.807) is 24.8 Å². The van der Waals surface area contributed by atoms with Crippen molar-refractivity contribution in [2.75, 3.05) is 6.54 Å². The molecule has 0 saturated carbocycles. The number of nitrogens with one attached hydrogen (secondary N) is 1. The van der Waals surface area contributed by atoms with Gasteiger partial charge in [-0.2, -0.15) is 0 Å². The number of hydrogen-bond acceptors (Lipinski definition) is 5. The minimum atomic E-state index is -0.389. The maximum absolute atomic E-state index is 12.6. The second kappa shape index (κ2) is 5.95. The molecule has 1 fully saturated rings. The quantitative estimate of drug-likeness (QED) is 0.904. The molecular formula is C14H18N4O2S. The molecule has 7 heteroatoms. The maximum atomic E-state index is 12.6. The number of aromatic amines is 1. The van der Waals surface area contributed by atoms with E-state index in [0.717, 1.165) is 30.1 Å². The number of rotatable bonds is 4. The molecule has 21 heavy (non-hydrogen) atoms. The van der Waals surface area contributed by atoms with Gasteiger partial charge in [-0.05, 0) is 26.2 Å². The summed E-state index contributed by atoms with van der Waals surface area (Å²) in [6.07, 6.45) is 5.47. The Bertz CT molecular complexity index is 608. The van der Waals surface area contributed by atoms with Gasteiger partial charge in [-0.25, -0.2) is 9.97 Å². The summed E-state index contributed by atoms with van der Waals surface area (Å²) < 4.78 is 0. The first-order valence-electron chi connectivity index (χ1n) is 7.08. The number of carbonyl (C=O) groups excluding carboxylic acids is 1. The van der Waals surface area contributed by atoms with Crippen molar-refractivity contribution in [2.24, 2.45) is 0 Å². The van der Waals surface area contributed by atoms with Crippen LogP contribution in [0.2, 0.25) is 0 Å². The van der Waals surface area contributed by atoms with Gasteiger partial charge in [0.1, 0.15) is 10.7 Å². The van der Waals surface area contributed by atoms with Gasteiger partial charge in [0.25, 0.3) is 5.91 Å². The van der Waals surface area contributed by atoms with E-state index in [1.165, 1.54) is 11.3 Å². The second-order valence-electron chi connectivity index (χ2n) is 5.38. The Morgan fingerprint density at radius 2 is 2.52 bits per heavy atom. The van der Waals surface area contributed by atoms with E-state index in [0.29, 0.717) is 12.1 Å². The number of H-pyrrole nitrogens is 1. The number of aliphatic hydroxyl groups excluding tert-OH is 1. The molecule has 1 saturated heterocycles. The lowest BCUT2D eigenvalue weighted by Gasteiger charge is -2.24. The predicted molar refractivity (Wildman–Crippen MR) is 80.1 cm³/mol. The monoisotopic (exact) mass is 306 g/mol. The molecule has 0 aromatic carbocycles. The fourth-order valence-electron chi connectivity index (χ4n) is 2.76. The van der Waals surface area contributed by atoms with Crippen molar-refractivity contribution in [3.63, 3.8) is 0 Å². The van der Waals surface area contributed by atoms with Crippen molar-refractivity contribution in [1.29, 1.82) is 0 Å². The average molecular weight is 306 g/mol. The zero-order valence-electron chi connectivity index (χ0n) is 11.8. The molecule has 3 heterocycles. The third-order valence-electron chi connectivity index (χ3n) is 3.70. The van der Waals surface area contributed by atoms with Crippen LogP contribution in [0.1, 0.15) is 36.7 Å². The topological polar surface area (TPSA) is 82.1 Å². The van der Waals surface area contributed by atoms with Crippen LogP contribution in [0.4, 0.5) is 0 Å². The fraction of sp³-hybridized carbons (Fsp3) is 0.500. The maximum Gasteiger partial charge on any atom is 0.273 e. The normalized spacial score (nSPS) is 19.9. The van der Waals surface area contributed by atoms with E-state index in [-0.39, 0.29) is 18.1 Å².